The van der Waals surface area contributed by atoms with Crippen molar-refractivity contribution in [1.29, 1.82) is 5.41 Å². The molecule has 4 heteroatoms. The quantitative estimate of drug-likeness (QED) is 0.571. The molecule has 0 atom stereocenters. The highest BCUT2D eigenvalue weighted by atomic mass is 15.1. The molecule has 0 radical (unpaired) electrons. The van der Waals surface area contributed by atoms with Gasteiger partial charge in [-0.1, -0.05) is 24.3 Å². The lowest BCUT2D eigenvalue weighted by molar-refractivity contribution is 0.781. The summed E-state index contributed by atoms with van der Waals surface area (Å²) < 4.78 is 2.21. The molecule has 3 aromatic rings. The van der Waals surface area contributed by atoms with Crippen molar-refractivity contribution in [3.8, 4) is 0 Å². The van der Waals surface area contributed by atoms with Crippen molar-refractivity contribution in [2.45, 2.75) is 20.4 Å². The fourth-order valence-corrected chi connectivity index (χ4v) is 2.61. The molecule has 4 nitrogen and oxygen atoms in total. The largest absolute Gasteiger partial charge is 0.384 e. The number of amidine groups is 1. The lowest BCUT2D eigenvalue weighted by atomic mass is 10.0. The average molecular weight is 278 g/mol. The Hall–Kier alpha value is -2.62. The van der Waals surface area contributed by atoms with Crippen LogP contribution in [0.1, 0.15) is 22.5 Å². The molecular formula is C17H18N4. The molecule has 1 heterocycles. The third-order valence-corrected chi connectivity index (χ3v) is 3.83. The summed E-state index contributed by atoms with van der Waals surface area (Å²) in [5, 5.41) is 7.50. The Bertz CT molecular complexity index is 830. The van der Waals surface area contributed by atoms with E-state index in [1.54, 1.807) is 0 Å². The van der Waals surface area contributed by atoms with Crippen molar-refractivity contribution in [3.63, 3.8) is 0 Å². The van der Waals surface area contributed by atoms with Crippen LogP contribution < -0.4 is 5.73 Å². The van der Waals surface area contributed by atoms with E-state index >= 15 is 0 Å². The van der Waals surface area contributed by atoms with Crippen LogP contribution in [-0.4, -0.2) is 15.4 Å². The maximum Gasteiger partial charge on any atom is 0.122 e. The van der Waals surface area contributed by atoms with Crippen LogP contribution in [0.15, 0.2) is 42.5 Å². The molecule has 0 saturated carbocycles. The zero-order valence-electron chi connectivity index (χ0n) is 12.2. The van der Waals surface area contributed by atoms with Gasteiger partial charge in [0, 0.05) is 12.1 Å². The predicted octanol–water partition coefficient (Wildman–Crippen LogP) is 2.99. The average Bonchev–Trinajstić information content (AvgIpc) is 2.77. The summed E-state index contributed by atoms with van der Waals surface area (Å²) in [6, 6.07) is 14.1. The fraction of sp³-hybridized carbons (Fsp3) is 0.176. The van der Waals surface area contributed by atoms with Crippen molar-refractivity contribution in [3.05, 3.63) is 65.0 Å². The van der Waals surface area contributed by atoms with Crippen molar-refractivity contribution >= 4 is 16.9 Å². The van der Waals surface area contributed by atoms with E-state index < -0.39 is 0 Å². The third kappa shape index (κ3) is 2.40. The van der Waals surface area contributed by atoms with Crippen LogP contribution in [0.5, 0.6) is 0 Å². The van der Waals surface area contributed by atoms with Gasteiger partial charge in [0.2, 0.25) is 0 Å². The number of benzene rings is 2. The van der Waals surface area contributed by atoms with Crippen molar-refractivity contribution < 1.29 is 0 Å². The molecule has 0 aliphatic heterocycles. The number of rotatable bonds is 3. The SMILES string of the molecule is Cc1cc(C(=N)N)ccc1Cn1c(C)nc2ccccc21. The molecule has 3 rings (SSSR count). The molecule has 2 aromatic carbocycles. The first-order valence-electron chi connectivity index (χ1n) is 6.92. The van der Waals surface area contributed by atoms with Crippen molar-refractivity contribution in [2.75, 3.05) is 0 Å². The highest BCUT2D eigenvalue weighted by Gasteiger charge is 2.09. The highest BCUT2D eigenvalue weighted by Crippen LogP contribution is 2.19. The van der Waals surface area contributed by atoms with Gasteiger partial charge in [0.1, 0.15) is 11.7 Å². The summed E-state index contributed by atoms with van der Waals surface area (Å²) in [5.41, 5.74) is 10.8. The number of hydrogen-bond acceptors (Lipinski definition) is 2. The van der Waals surface area contributed by atoms with Crippen molar-refractivity contribution in [2.24, 2.45) is 5.73 Å². The fourth-order valence-electron chi connectivity index (χ4n) is 2.61. The number of fused-ring (bicyclic) bond motifs is 1. The Balaban J connectivity index is 2.03. The molecule has 0 aliphatic carbocycles. The Kier molecular flexibility index (Phi) is 3.22. The summed E-state index contributed by atoms with van der Waals surface area (Å²) >= 11 is 0. The van der Waals surface area contributed by atoms with E-state index in [0.717, 1.165) is 34.5 Å². The van der Waals surface area contributed by atoms with E-state index in [0.29, 0.717) is 0 Å². The van der Waals surface area contributed by atoms with Crippen LogP contribution in [0.3, 0.4) is 0 Å². The van der Waals surface area contributed by atoms with Gasteiger partial charge in [-0.15, -0.1) is 0 Å². The molecule has 0 spiro atoms. The summed E-state index contributed by atoms with van der Waals surface area (Å²) in [7, 11) is 0. The number of nitrogens with two attached hydrogens (primary N) is 1. The minimum Gasteiger partial charge on any atom is -0.384 e. The Morgan fingerprint density at radius 2 is 1.95 bits per heavy atom. The van der Waals surface area contributed by atoms with Gasteiger partial charge in [-0.2, -0.15) is 0 Å². The molecule has 21 heavy (non-hydrogen) atoms. The first-order chi connectivity index (χ1) is 10.1. The Morgan fingerprint density at radius 3 is 2.67 bits per heavy atom. The number of nitrogens with zero attached hydrogens (tertiary/aromatic N) is 2. The van der Waals surface area contributed by atoms with E-state index in [-0.39, 0.29) is 5.84 Å². The molecule has 1 aromatic heterocycles. The molecule has 0 saturated heterocycles. The number of hydrogen-bond donors (Lipinski definition) is 2. The zero-order valence-corrected chi connectivity index (χ0v) is 12.2. The number of nitrogens with one attached hydrogen (secondary N) is 1. The Morgan fingerprint density at radius 1 is 1.19 bits per heavy atom. The summed E-state index contributed by atoms with van der Waals surface area (Å²) in [6.07, 6.45) is 0. The summed E-state index contributed by atoms with van der Waals surface area (Å²) in [6.45, 7) is 4.85. The van der Waals surface area contributed by atoms with Gasteiger partial charge in [0.25, 0.3) is 0 Å². The topological polar surface area (TPSA) is 67.7 Å². The number of aromatic nitrogens is 2. The lowest BCUT2D eigenvalue weighted by Crippen LogP contribution is -2.12. The van der Waals surface area contributed by atoms with E-state index in [4.69, 9.17) is 11.1 Å². The maximum absolute atomic E-state index is 7.50. The number of nitrogen functional groups attached to an aromatic ring is 1. The molecule has 0 fully saturated rings. The monoisotopic (exact) mass is 278 g/mol. The van der Waals surface area contributed by atoms with Gasteiger partial charge in [-0.05, 0) is 43.2 Å². The first-order valence-corrected chi connectivity index (χ1v) is 6.92. The number of imidazole rings is 1. The van der Waals surface area contributed by atoms with E-state index in [2.05, 4.69) is 22.5 Å². The van der Waals surface area contributed by atoms with Gasteiger partial charge < -0.3 is 10.3 Å². The van der Waals surface area contributed by atoms with E-state index in [9.17, 15) is 0 Å². The Labute approximate surface area is 123 Å². The normalized spacial score (nSPS) is 11.0. The third-order valence-electron chi connectivity index (χ3n) is 3.83. The van der Waals surface area contributed by atoms with Gasteiger partial charge in [-0.3, -0.25) is 5.41 Å². The lowest BCUT2D eigenvalue weighted by Gasteiger charge is -2.11. The van der Waals surface area contributed by atoms with E-state index in [1.165, 1.54) is 5.56 Å². The van der Waals surface area contributed by atoms with Gasteiger partial charge >= 0.3 is 0 Å². The van der Waals surface area contributed by atoms with Crippen LogP contribution in [-0.2, 0) is 6.54 Å². The summed E-state index contributed by atoms with van der Waals surface area (Å²) in [5.74, 6) is 1.11. The minimum atomic E-state index is 0.105. The first kappa shape index (κ1) is 13.4. The molecular weight excluding hydrogens is 260 g/mol. The van der Waals surface area contributed by atoms with Crippen molar-refractivity contribution in [1.82, 2.24) is 9.55 Å². The standard InChI is InChI=1S/C17H18N4/c1-11-9-13(17(18)19)7-8-14(11)10-21-12(2)20-15-5-3-4-6-16(15)21/h3-9H,10H2,1-2H3,(H3,18,19). The second-order valence-corrected chi connectivity index (χ2v) is 5.29. The van der Waals surface area contributed by atoms with E-state index in [1.807, 2.05) is 43.3 Å². The highest BCUT2D eigenvalue weighted by molar-refractivity contribution is 5.95. The van der Waals surface area contributed by atoms with Gasteiger partial charge in [-0.25, -0.2) is 4.98 Å². The number of aryl methyl sites for hydroxylation is 2. The minimum absolute atomic E-state index is 0.105. The molecule has 3 N–H and O–H groups in total. The smallest absolute Gasteiger partial charge is 0.122 e. The van der Waals surface area contributed by atoms with Crippen LogP contribution in [0.2, 0.25) is 0 Å². The van der Waals surface area contributed by atoms with Crippen LogP contribution >= 0.6 is 0 Å². The van der Waals surface area contributed by atoms with Gasteiger partial charge in [0.15, 0.2) is 0 Å². The van der Waals surface area contributed by atoms with Crippen LogP contribution in [0.25, 0.3) is 11.0 Å². The molecule has 0 aliphatic rings. The molecule has 0 amide bonds. The molecule has 106 valence electrons. The van der Waals surface area contributed by atoms with Crippen LogP contribution in [0, 0.1) is 19.3 Å². The number of para-hydroxylation sites is 2. The predicted molar refractivity (Wildman–Crippen MR) is 85.8 cm³/mol. The maximum atomic E-state index is 7.50. The molecule has 0 unspecified atom stereocenters. The van der Waals surface area contributed by atoms with Crippen LogP contribution in [0.4, 0.5) is 0 Å². The summed E-state index contributed by atoms with van der Waals surface area (Å²) in [4.78, 5) is 4.59. The van der Waals surface area contributed by atoms with Gasteiger partial charge in [0.05, 0.1) is 11.0 Å². The zero-order chi connectivity index (χ0) is 15.0. The second-order valence-electron chi connectivity index (χ2n) is 5.29. The molecule has 0 bridgehead atoms. The second kappa shape index (κ2) is 5.05.